The van der Waals surface area contributed by atoms with Crippen molar-refractivity contribution in [1.29, 1.82) is 0 Å². The Morgan fingerprint density at radius 2 is 2.24 bits per heavy atom. The molecule has 0 aromatic heterocycles. The van der Waals surface area contributed by atoms with Crippen molar-refractivity contribution in [3.05, 3.63) is 27.7 Å². The van der Waals surface area contributed by atoms with Crippen LogP contribution in [0, 0.1) is 11.3 Å². The van der Waals surface area contributed by atoms with Crippen molar-refractivity contribution >= 4 is 39.1 Å². The lowest BCUT2D eigenvalue weighted by molar-refractivity contribution is -0.170. The van der Waals surface area contributed by atoms with Gasteiger partial charge in [-0.15, -0.1) is 0 Å². The van der Waals surface area contributed by atoms with Crippen LogP contribution in [0.4, 0.5) is 5.69 Å². The molecule has 4 nitrogen and oxygen atoms in total. The zero-order valence-electron chi connectivity index (χ0n) is 12.0. The molecule has 1 aromatic rings. The summed E-state index contributed by atoms with van der Waals surface area (Å²) in [5, 5.41) is 3.53. The molecule has 2 aliphatic rings. The quantitative estimate of drug-likeness (QED) is 0.837. The smallest absolute Gasteiger partial charge is 0.245 e. The molecular weight excluding hydrogens is 356 g/mol. The first-order valence-electron chi connectivity index (χ1n) is 6.95. The van der Waals surface area contributed by atoms with Gasteiger partial charge >= 0.3 is 0 Å². The molecule has 114 valence electrons. The molecule has 1 saturated carbocycles. The van der Waals surface area contributed by atoms with Gasteiger partial charge < -0.3 is 15.8 Å². The van der Waals surface area contributed by atoms with Crippen LogP contribution in [0.2, 0.25) is 5.02 Å². The molecule has 1 heterocycles. The number of anilines is 1. The second-order valence-corrected chi connectivity index (χ2v) is 7.65. The van der Waals surface area contributed by atoms with E-state index in [9.17, 15) is 4.79 Å². The van der Waals surface area contributed by atoms with Crippen LogP contribution in [0.5, 0.6) is 0 Å². The van der Waals surface area contributed by atoms with E-state index in [2.05, 4.69) is 21.2 Å². The first-order chi connectivity index (χ1) is 9.78. The fourth-order valence-electron chi connectivity index (χ4n) is 3.66. The standard InChI is InChI=1S/C15H18BrClN2O2/c1-14(2)12-9(5-6-21-12)15(14,18)13(20)19-11-4-3-8(17)7-10(11)16/h3-4,7,9,12H,5-6,18H2,1-2H3,(H,19,20). The first-order valence-corrected chi connectivity index (χ1v) is 8.12. The Labute approximate surface area is 137 Å². The van der Waals surface area contributed by atoms with Crippen LogP contribution < -0.4 is 11.1 Å². The Bertz CT molecular complexity index is 607. The summed E-state index contributed by atoms with van der Waals surface area (Å²) in [5.41, 5.74) is 5.89. The second kappa shape index (κ2) is 4.95. The monoisotopic (exact) mass is 372 g/mol. The highest BCUT2D eigenvalue weighted by atomic mass is 79.9. The van der Waals surface area contributed by atoms with E-state index in [1.807, 2.05) is 13.8 Å². The number of carbonyl (C=O) groups is 1. The van der Waals surface area contributed by atoms with Gasteiger partial charge in [0, 0.05) is 27.4 Å². The average molecular weight is 374 g/mol. The van der Waals surface area contributed by atoms with Crippen LogP contribution in [0.25, 0.3) is 0 Å². The third-order valence-corrected chi connectivity index (χ3v) is 5.90. The first kappa shape index (κ1) is 15.3. The highest BCUT2D eigenvalue weighted by Crippen LogP contribution is 2.58. The molecule has 3 unspecified atom stereocenters. The van der Waals surface area contributed by atoms with Crippen LogP contribution in [0.1, 0.15) is 20.3 Å². The molecule has 3 atom stereocenters. The van der Waals surface area contributed by atoms with Crippen LogP contribution in [-0.2, 0) is 9.53 Å². The number of carbonyl (C=O) groups excluding carboxylic acids is 1. The molecule has 0 bridgehead atoms. The number of hydrogen-bond donors (Lipinski definition) is 2. The molecule has 1 aliphatic heterocycles. The van der Waals surface area contributed by atoms with Gasteiger partial charge in [0.2, 0.25) is 5.91 Å². The maximum Gasteiger partial charge on any atom is 0.245 e. The topological polar surface area (TPSA) is 64.3 Å². The van der Waals surface area contributed by atoms with Crippen molar-refractivity contribution in [1.82, 2.24) is 0 Å². The number of fused-ring (bicyclic) bond motifs is 1. The van der Waals surface area contributed by atoms with Gasteiger partial charge in [-0.3, -0.25) is 4.79 Å². The Morgan fingerprint density at radius 3 is 2.90 bits per heavy atom. The molecule has 3 N–H and O–H groups in total. The van der Waals surface area contributed by atoms with Crippen LogP contribution >= 0.6 is 27.5 Å². The van der Waals surface area contributed by atoms with Crippen molar-refractivity contribution in [3.63, 3.8) is 0 Å². The number of benzene rings is 1. The Kier molecular flexibility index (Phi) is 3.60. The lowest BCUT2D eigenvalue weighted by atomic mass is 9.48. The zero-order valence-corrected chi connectivity index (χ0v) is 14.3. The lowest BCUT2D eigenvalue weighted by Crippen LogP contribution is -2.79. The van der Waals surface area contributed by atoms with E-state index in [-0.39, 0.29) is 23.3 Å². The summed E-state index contributed by atoms with van der Waals surface area (Å²) in [7, 11) is 0. The molecule has 1 saturated heterocycles. The van der Waals surface area contributed by atoms with E-state index in [1.165, 1.54) is 0 Å². The Hall–Kier alpha value is -0.620. The fraction of sp³-hybridized carbons (Fsp3) is 0.533. The minimum atomic E-state index is -0.909. The van der Waals surface area contributed by atoms with Crippen molar-refractivity contribution in [3.8, 4) is 0 Å². The number of nitrogens with one attached hydrogen (secondary N) is 1. The lowest BCUT2D eigenvalue weighted by Gasteiger charge is -2.60. The summed E-state index contributed by atoms with van der Waals surface area (Å²) in [6, 6.07) is 5.24. The zero-order chi connectivity index (χ0) is 15.4. The Morgan fingerprint density at radius 1 is 1.52 bits per heavy atom. The van der Waals surface area contributed by atoms with Crippen molar-refractivity contribution in [2.75, 3.05) is 11.9 Å². The molecule has 1 aliphatic carbocycles. The summed E-state index contributed by atoms with van der Waals surface area (Å²) in [6.07, 6.45) is 0.904. The number of nitrogens with two attached hydrogens (primary N) is 1. The third-order valence-electron chi connectivity index (χ3n) is 5.01. The second-order valence-electron chi connectivity index (χ2n) is 6.36. The van der Waals surface area contributed by atoms with E-state index < -0.39 is 5.54 Å². The molecule has 6 heteroatoms. The summed E-state index contributed by atoms with van der Waals surface area (Å²) in [5.74, 6) is -0.0825. The average Bonchev–Trinajstić information content (AvgIpc) is 2.89. The number of hydrogen-bond acceptors (Lipinski definition) is 3. The summed E-state index contributed by atoms with van der Waals surface area (Å²) >= 11 is 9.32. The number of rotatable bonds is 2. The van der Waals surface area contributed by atoms with Gasteiger partial charge in [0.05, 0.1) is 11.8 Å². The van der Waals surface area contributed by atoms with Gasteiger partial charge in [-0.05, 0) is 40.5 Å². The van der Waals surface area contributed by atoms with E-state index >= 15 is 0 Å². The summed E-state index contributed by atoms with van der Waals surface area (Å²) in [4.78, 5) is 12.8. The van der Waals surface area contributed by atoms with Gasteiger partial charge in [0.15, 0.2) is 0 Å². The van der Waals surface area contributed by atoms with Crippen molar-refractivity contribution in [2.24, 2.45) is 17.1 Å². The van der Waals surface area contributed by atoms with Crippen molar-refractivity contribution in [2.45, 2.75) is 31.9 Å². The predicted molar refractivity (Wildman–Crippen MR) is 86.3 cm³/mol. The highest BCUT2D eigenvalue weighted by molar-refractivity contribution is 9.10. The van der Waals surface area contributed by atoms with E-state index in [0.29, 0.717) is 17.3 Å². The molecule has 21 heavy (non-hydrogen) atoms. The summed E-state index contributed by atoms with van der Waals surface area (Å²) in [6.45, 7) is 4.67. The molecule has 1 aromatic carbocycles. The highest BCUT2D eigenvalue weighted by Gasteiger charge is 2.71. The maximum absolute atomic E-state index is 12.8. The van der Waals surface area contributed by atoms with E-state index in [1.54, 1.807) is 18.2 Å². The van der Waals surface area contributed by atoms with Crippen LogP contribution in [0.15, 0.2) is 22.7 Å². The SMILES string of the molecule is CC1(C)C2OCCC2C1(N)C(=O)Nc1ccc(Cl)cc1Br. The predicted octanol–water partition coefficient (Wildman–Crippen LogP) is 3.18. The molecule has 0 radical (unpaired) electrons. The third kappa shape index (κ3) is 2.05. The number of ether oxygens (including phenoxy) is 1. The van der Waals surface area contributed by atoms with E-state index in [0.717, 1.165) is 10.9 Å². The molecule has 3 rings (SSSR count). The van der Waals surface area contributed by atoms with E-state index in [4.69, 9.17) is 22.1 Å². The van der Waals surface area contributed by atoms with Gasteiger partial charge in [0.25, 0.3) is 0 Å². The van der Waals surface area contributed by atoms with Crippen LogP contribution in [-0.4, -0.2) is 24.2 Å². The minimum Gasteiger partial charge on any atom is -0.377 e. The van der Waals surface area contributed by atoms with Gasteiger partial charge in [0.1, 0.15) is 5.54 Å². The minimum absolute atomic E-state index is 0.0712. The van der Waals surface area contributed by atoms with Crippen molar-refractivity contribution < 1.29 is 9.53 Å². The van der Waals surface area contributed by atoms with Crippen LogP contribution in [0.3, 0.4) is 0 Å². The van der Waals surface area contributed by atoms with Gasteiger partial charge in [-0.1, -0.05) is 25.4 Å². The molecule has 2 fully saturated rings. The molecule has 1 amide bonds. The molecule has 0 spiro atoms. The normalized spacial score (nSPS) is 33.2. The van der Waals surface area contributed by atoms with Gasteiger partial charge in [-0.25, -0.2) is 0 Å². The largest absolute Gasteiger partial charge is 0.377 e. The molecular formula is C15H18BrClN2O2. The maximum atomic E-state index is 12.8. The number of halogens is 2. The van der Waals surface area contributed by atoms with Gasteiger partial charge in [-0.2, -0.15) is 0 Å². The number of amides is 1. The Balaban J connectivity index is 1.85. The summed E-state index contributed by atoms with van der Waals surface area (Å²) < 4.78 is 6.45. The fourth-order valence-corrected chi connectivity index (χ4v) is 4.44.